The van der Waals surface area contributed by atoms with Crippen LogP contribution in [0.4, 0.5) is 0 Å². The van der Waals surface area contributed by atoms with Crippen LogP contribution in [0.15, 0.2) is 48.8 Å². The van der Waals surface area contributed by atoms with Crippen molar-refractivity contribution in [2.45, 2.75) is 18.7 Å². The average molecular weight is 307 g/mol. The summed E-state index contributed by atoms with van der Waals surface area (Å²) in [5, 5.41) is 2.43. The zero-order valence-corrected chi connectivity index (χ0v) is 12.7. The Balaban J connectivity index is 0.00000147. The molecule has 0 fully saturated rings. The van der Waals surface area contributed by atoms with Crippen LogP contribution in [0.1, 0.15) is 22.3 Å². The molecular weight excluding hydrogens is 291 g/mol. The minimum Gasteiger partial charge on any atom is -0.349 e. The number of aryl methyl sites for hydroxylation is 1. The van der Waals surface area contributed by atoms with E-state index in [2.05, 4.69) is 53.3 Å². The fourth-order valence-corrected chi connectivity index (χ4v) is 2.56. The van der Waals surface area contributed by atoms with Gasteiger partial charge in [0.05, 0.1) is 5.38 Å². The van der Waals surface area contributed by atoms with Crippen LogP contribution in [-0.4, -0.2) is 9.97 Å². The highest BCUT2D eigenvalue weighted by molar-refractivity contribution is 6.21. The third-order valence-corrected chi connectivity index (χ3v) is 3.72. The van der Waals surface area contributed by atoms with Crippen LogP contribution < -0.4 is 0 Å². The number of alkyl halides is 1. The Morgan fingerprint density at radius 3 is 2.65 bits per heavy atom. The summed E-state index contributed by atoms with van der Waals surface area (Å²) >= 11 is 6.47. The lowest BCUT2D eigenvalue weighted by atomic mass is 10.0. The number of rotatable bonds is 3. The Morgan fingerprint density at radius 2 is 1.90 bits per heavy atom. The second-order valence-corrected chi connectivity index (χ2v) is 5.34. The Labute approximate surface area is 129 Å². The molecule has 0 aliphatic rings. The number of benzene rings is 2. The van der Waals surface area contributed by atoms with Gasteiger partial charge < -0.3 is 4.98 Å². The van der Waals surface area contributed by atoms with Crippen molar-refractivity contribution >= 4 is 34.8 Å². The zero-order valence-electron chi connectivity index (χ0n) is 11.1. The van der Waals surface area contributed by atoms with Gasteiger partial charge in [0.1, 0.15) is 5.82 Å². The fourth-order valence-electron chi connectivity index (χ4n) is 2.28. The average Bonchev–Trinajstić information content (AvgIpc) is 2.91. The minimum atomic E-state index is -0.0585. The van der Waals surface area contributed by atoms with Crippen molar-refractivity contribution in [2.24, 2.45) is 0 Å². The SMILES string of the molecule is Cc1ccc2cc(C(Cl)Cc3ncc[nH]3)ccc2c1.Cl. The molecule has 1 N–H and O–H groups in total. The number of halogens is 2. The maximum absolute atomic E-state index is 6.47. The first kappa shape index (κ1) is 14.9. The highest BCUT2D eigenvalue weighted by atomic mass is 35.5. The van der Waals surface area contributed by atoms with Crippen LogP contribution >= 0.6 is 24.0 Å². The van der Waals surface area contributed by atoms with Gasteiger partial charge >= 0.3 is 0 Å². The second kappa shape index (κ2) is 6.29. The standard InChI is InChI=1S/C16H15ClN2.ClH/c1-11-2-3-13-9-14(5-4-12(13)8-11)15(17)10-16-18-6-7-19-16;/h2-9,15H,10H2,1H3,(H,18,19);1H. The summed E-state index contributed by atoms with van der Waals surface area (Å²) in [6.07, 6.45) is 4.29. The quantitative estimate of drug-likeness (QED) is 0.691. The van der Waals surface area contributed by atoms with Crippen molar-refractivity contribution in [3.8, 4) is 0 Å². The summed E-state index contributed by atoms with van der Waals surface area (Å²) in [6.45, 7) is 2.11. The van der Waals surface area contributed by atoms with E-state index in [-0.39, 0.29) is 17.8 Å². The largest absolute Gasteiger partial charge is 0.349 e. The molecule has 0 radical (unpaired) electrons. The normalized spacial score (nSPS) is 12.1. The summed E-state index contributed by atoms with van der Waals surface area (Å²) in [7, 11) is 0. The van der Waals surface area contributed by atoms with Crippen molar-refractivity contribution in [1.29, 1.82) is 0 Å². The van der Waals surface area contributed by atoms with Gasteiger partial charge in [0, 0.05) is 18.8 Å². The highest BCUT2D eigenvalue weighted by Gasteiger charge is 2.11. The number of imidazole rings is 1. The maximum Gasteiger partial charge on any atom is 0.107 e. The molecule has 3 aromatic rings. The smallest absolute Gasteiger partial charge is 0.107 e. The topological polar surface area (TPSA) is 28.7 Å². The van der Waals surface area contributed by atoms with Crippen LogP contribution in [0.3, 0.4) is 0 Å². The van der Waals surface area contributed by atoms with Crippen LogP contribution in [0, 0.1) is 6.92 Å². The molecule has 1 aromatic heterocycles. The first-order valence-corrected chi connectivity index (χ1v) is 6.79. The fraction of sp³-hybridized carbons (Fsp3) is 0.188. The Morgan fingerprint density at radius 1 is 1.15 bits per heavy atom. The summed E-state index contributed by atoms with van der Waals surface area (Å²) in [6, 6.07) is 12.9. The van der Waals surface area contributed by atoms with Gasteiger partial charge in [0.15, 0.2) is 0 Å². The highest BCUT2D eigenvalue weighted by Crippen LogP contribution is 2.27. The summed E-state index contributed by atoms with van der Waals surface area (Å²) in [4.78, 5) is 7.30. The molecule has 4 heteroatoms. The molecule has 0 bridgehead atoms. The molecule has 20 heavy (non-hydrogen) atoms. The number of nitrogens with zero attached hydrogens (tertiary/aromatic N) is 1. The van der Waals surface area contributed by atoms with Crippen LogP contribution in [0.5, 0.6) is 0 Å². The lowest BCUT2D eigenvalue weighted by molar-refractivity contribution is 0.856. The zero-order chi connectivity index (χ0) is 13.2. The number of nitrogens with one attached hydrogen (secondary N) is 1. The predicted molar refractivity (Wildman–Crippen MR) is 86.8 cm³/mol. The minimum absolute atomic E-state index is 0. The number of aromatic nitrogens is 2. The summed E-state index contributed by atoms with van der Waals surface area (Å²) in [5.41, 5.74) is 2.41. The Bertz CT molecular complexity index is 693. The molecule has 2 aromatic carbocycles. The van der Waals surface area contributed by atoms with Gasteiger partial charge in [-0.25, -0.2) is 4.98 Å². The number of hydrogen-bond acceptors (Lipinski definition) is 1. The maximum atomic E-state index is 6.47. The van der Waals surface area contributed by atoms with Gasteiger partial charge in [0.25, 0.3) is 0 Å². The van der Waals surface area contributed by atoms with Gasteiger partial charge in [-0.15, -0.1) is 24.0 Å². The molecule has 2 nitrogen and oxygen atoms in total. The summed E-state index contributed by atoms with van der Waals surface area (Å²) in [5.74, 6) is 0.920. The molecule has 1 heterocycles. The van der Waals surface area contributed by atoms with E-state index in [4.69, 9.17) is 11.6 Å². The predicted octanol–water partition coefficient (Wildman–Crippen LogP) is 4.82. The summed E-state index contributed by atoms with van der Waals surface area (Å²) < 4.78 is 0. The van der Waals surface area contributed by atoms with Crippen molar-refractivity contribution in [1.82, 2.24) is 9.97 Å². The van der Waals surface area contributed by atoms with Gasteiger partial charge in [-0.2, -0.15) is 0 Å². The first-order valence-electron chi connectivity index (χ1n) is 6.35. The molecule has 0 aliphatic carbocycles. The molecule has 0 amide bonds. The monoisotopic (exact) mass is 306 g/mol. The van der Waals surface area contributed by atoms with Crippen molar-refractivity contribution in [3.63, 3.8) is 0 Å². The molecule has 0 aliphatic heterocycles. The van der Waals surface area contributed by atoms with Crippen LogP contribution in [-0.2, 0) is 6.42 Å². The van der Waals surface area contributed by atoms with Gasteiger partial charge in [-0.05, 0) is 29.3 Å². The Hall–Kier alpha value is -1.51. The van der Waals surface area contributed by atoms with E-state index in [0.717, 1.165) is 11.4 Å². The first-order chi connectivity index (χ1) is 9.22. The van der Waals surface area contributed by atoms with E-state index in [9.17, 15) is 0 Å². The third kappa shape index (κ3) is 3.14. The molecule has 3 rings (SSSR count). The molecular formula is C16H16Cl2N2. The van der Waals surface area contributed by atoms with Gasteiger partial charge in [0.2, 0.25) is 0 Å². The van der Waals surface area contributed by atoms with Gasteiger partial charge in [-0.1, -0.05) is 35.9 Å². The number of hydrogen-bond donors (Lipinski definition) is 1. The van der Waals surface area contributed by atoms with Crippen molar-refractivity contribution in [2.75, 3.05) is 0 Å². The van der Waals surface area contributed by atoms with Gasteiger partial charge in [-0.3, -0.25) is 0 Å². The molecule has 0 spiro atoms. The van der Waals surface area contributed by atoms with E-state index in [1.807, 2.05) is 6.20 Å². The third-order valence-electron chi connectivity index (χ3n) is 3.31. The molecule has 0 saturated carbocycles. The van der Waals surface area contributed by atoms with Crippen LogP contribution in [0.2, 0.25) is 0 Å². The lowest BCUT2D eigenvalue weighted by Crippen LogP contribution is -1.97. The van der Waals surface area contributed by atoms with E-state index in [1.165, 1.54) is 16.3 Å². The van der Waals surface area contributed by atoms with E-state index < -0.39 is 0 Å². The second-order valence-electron chi connectivity index (χ2n) is 4.82. The number of fused-ring (bicyclic) bond motifs is 1. The van der Waals surface area contributed by atoms with E-state index >= 15 is 0 Å². The van der Waals surface area contributed by atoms with Crippen LogP contribution in [0.25, 0.3) is 10.8 Å². The van der Waals surface area contributed by atoms with Crippen molar-refractivity contribution < 1.29 is 0 Å². The Kier molecular flexibility index (Phi) is 4.69. The lowest BCUT2D eigenvalue weighted by Gasteiger charge is -2.10. The van der Waals surface area contributed by atoms with E-state index in [0.29, 0.717) is 6.42 Å². The van der Waals surface area contributed by atoms with Crippen molar-refractivity contribution in [3.05, 3.63) is 65.7 Å². The molecule has 1 atom stereocenters. The number of aromatic amines is 1. The molecule has 1 unspecified atom stereocenters. The number of H-pyrrole nitrogens is 1. The molecule has 0 saturated heterocycles. The van der Waals surface area contributed by atoms with E-state index in [1.54, 1.807) is 6.20 Å². The molecule has 104 valence electrons.